The van der Waals surface area contributed by atoms with Gasteiger partial charge in [0.25, 0.3) is 0 Å². The number of fused-ring (bicyclic) bond motifs is 2. The fraction of sp³-hybridized carbons (Fsp3) is 0.158. The van der Waals surface area contributed by atoms with Gasteiger partial charge in [-0.1, -0.05) is 17.4 Å². The number of rotatable bonds is 5. The molecule has 1 N–H and O–H groups in total. The quantitative estimate of drug-likeness (QED) is 0.676. The van der Waals surface area contributed by atoms with Crippen molar-refractivity contribution < 1.29 is 23.7 Å². The number of aromatic nitrogens is 1. The van der Waals surface area contributed by atoms with Gasteiger partial charge in [0.05, 0.1) is 14.2 Å². The van der Waals surface area contributed by atoms with E-state index in [1.807, 2.05) is 24.3 Å². The Hall–Kier alpha value is -3.26. The van der Waals surface area contributed by atoms with Crippen LogP contribution in [-0.4, -0.2) is 31.9 Å². The van der Waals surface area contributed by atoms with Crippen molar-refractivity contribution in [2.24, 2.45) is 0 Å². The molecule has 0 radical (unpaired) electrons. The third-order valence-electron chi connectivity index (χ3n) is 3.96. The molecule has 7 nitrogen and oxygen atoms in total. The molecule has 2 aromatic carbocycles. The molecule has 1 aromatic heterocycles. The van der Waals surface area contributed by atoms with Crippen LogP contribution in [0.5, 0.6) is 23.0 Å². The van der Waals surface area contributed by atoms with Crippen LogP contribution in [0.15, 0.2) is 36.4 Å². The zero-order chi connectivity index (χ0) is 18.8. The smallest absolute Gasteiger partial charge is 0.250 e. The zero-order valence-electron chi connectivity index (χ0n) is 14.6. The van der Waals surface area contributed by atoms with E-state index in [0.717, 1.165) is 10.3 Å². The van der Waals surface area contributed by atoms with Gasteiger partial charge >= 0.3 is 0 Å². The molecule has 0 saturated carbocycles. The number of carbonyl (C=O) groups excluding carboxylic acids is 1. The summed E-state index contributed by atoms with van der Waals surface area (Å²) in [7, 11) is 3.17. The number of hydrogen-bond acceptors (Lipinski definition) is 7. The minimum Gasteiger partial charge on any atom is -0.495 e. The number of methoxy groups -OCH3 is 2. The van der Waals surface area contributed by atoms with Gasteiger partial charge in [0.1, 0.15) is 21.7 Å². The van der Waals surface area contributed by atoms with Crippen LogP contribution < -0.4 is 24.3 Å². The highest BCUT2D eigenvalue weighted by Crippen LogP contribution is 2.38. The molecule has 0 unspecified atom stereocenters. The van der Waals surface area contributed by atoms with Crippen molar-refractivity contribution in [1.82, 2.24) is 4.98 Å². The Kier molecular flexibility index (Phi) is 4.55. The lowest BCUT2D eigenvalue weighted by atomic mass is 10.2. The van der Waals surface area contributed by atoms with Gasteiger partial charge in [-0.15, -0.1) is 0 Å². The molecule has 8 heteroatoms. The van der Waals surface area contributed by atoms with Gasteiger partial charge < -0.3 is 18.9 Å². The van der Waals surface area contributed by atoms with Crippen molar-refractivity contribution in [3.8, 4) is 23.0 Å². The minimum absolute atomic E-state index is 0.216. The largest absolute Gasteiger partial charge is 0.495 e. The Bertz CT molecular complexity index is 1000. The van der Waals surface area contributed by atoms with E-state index in [1.165, 1.54) is 17.4 Å². The molecule has 0 aliphatic carbocycles. The summed E-state index contributed by atoms with van der Waals surface area (Å²) in [5, 5.41) is 3.24. The lowest BCUT2D eigenvalue weighted by Crippen LogP contribution is -2.07. The van der Waals surface area contributed by atoms with E-state index in [9.17, 15) is 4.79 Å². The van der Waals surface area contributed by atoms with Gasteiger partial charge in [0.15, 0.2) is 16.6 Å². The molecule has 0 spiro atoms. The highest BCUT2D eigenvalue weighted by molar-refractivity contribution is 7.22. The Labute approximate surface area is 159 Å². The highest BCUT2D eigenvalue weighted by Gasteiger charge is 2.15. The summed E-state index contributed by atoms with van der Waals surface area (Å²) in [6.45, 7) is 0.216. The van der Waals surface area contributed by atoms with Gasteiger partial charge in [0.2, 0.25) is 12.7 Å². The Balaban J connectivity index is 1.52. The van der Waals surface area contributed by atoms with Gasteiger partial charge in [0, 0.05) is 6.08 Å². The molecule has 0 atom stereocenters. The average Bonchev–Trinajstić information content (AvgIpc) is 3.31. The first kappa shape index (κ1) is 17.2. The molecule has 0 bridgehead atoms. The third kappa shape index (κ3) is 3.39. The standard InChI is InChI=1S/C19H16N2O5S/c1-23-13-6-7-14(24-2)18-17(13)21-19(27-18)20-16(22)8-4-11-3-5-12-15(9-11)26-10-25-12/h3-9H,10H2,1-2H3,(H,20,21,22)/b8-4+. The molecule has 0 saturated heterocycles. The molecular formula is C19H16N2O5S. The van der Waals surface area contributed by atoms with Crippen LogP contribution in [-0.2, 0) is 4.79 Å². The monoisotopic (exact) mass is 384 g/mol. The number of carbonyl (C=O) groups is 1. The fourth-order valence-electron chi connectivity index (χ4n) is 2.67. The van der Waals surface area contributed by atoms with Gasteiger partial charge in [-0.25, -0.2) is 4.98 Å². The molecular weight excluding hydrogens is 368 g/mol. The summed E-state index contributed by atoms with van der Waals surface area (Å²) < 4.78 is 22.1. The summed E-state index contributed by atoms with van der Waals surface area (Å²) in [6.07, 6.45) is 3.14. The van der Waals surface area contributed by atoms with E-state index in [1.54, 1.807) is 26.4 Å². The van der Waals surface area contributed by atoms with Crippen molar-refractivity contribution in [2.75, 3.05) is 26.3 Å². The van der Waals surface area contributed by atoms with Crippen molar-refractivity contribution in [3.63, 3.8) is 0 Å². The Morgan fingerprint density at radius 1 is 1.15 bits per heavy atom. The van der Waals surface area contributed by atoms with Crippen LogP contribution in [0, 0.1) is 0 Å². The van der Waals surface area contributed by atoms with E-state index in [-0.39, 0.29) is 12.7 Å². The maximum atomic E-state index is 12.3. The average molecular weight is 384 g/mol. The topological polar surface area (TPSA) is 78.9 Å². The van der Waals surface area contributed by atoms with Crippen LogP contribution in [0.25, 0.3) is 16.3 Å². The van der Waals surface area contributed by atoms with Crippen LogP contribution in [0.1, 0.15) is 5.56 Å². The van der Waals surface area contributed by atoms with Crippen LogP contribution in [0.4, 0.5) is 5.13 Å². The molecule has 4 rings (SSSR count). The number of nitrogens with zero attached hydrogens (tertiary/aromatic N) is 1. The summed E-state index contributed by atoms with van der Waals surface area (Å²) in [5.74, 6) is 2.39. The van der Waals surface area contributed by atoms with Gasteiger partial charge in [-0.2, -0.15) is 0 Å². The molecule has 138 valence electrons. The van der Waals surface area contributed by atoms with Crippen molar-refractivity contribution >= 4 is 38.7 Å². The van der Waals surface area contributed by atoms with E-state index in [2.05, 4.69) is 10.3 Å². The molecule has 0 fully saturated rings. The summed E-state index contributed by atoms with van der Waals surface area (Å²) in [5.41, 5.74) is 1.49. The maximum Gasteiger partial charge on any atom is 0.250 e. The summed E-state index contributed by atoms with van der Waals surface area (Å²) in [4.78, 5) is 16.7. The van der Waals surface area contributed by atoms with Gasteiger partial charge in [-0.05, 0) is 35.9 Å². The van der Waals surface area contributed by atoms with Crippen molar-refractivity contribution in [1.29, 1.82) is 0 Å². The lowest BCUT2D eigenvalue weighted by Gasteiger charge is -2.03. The SMILES string of the molecule is COc1ccc(OC)c2sc(NC(=O)/C=C/c3ccc4c(c3)OCO4)nc12. The molecule has 1 amide bonds. The van der Waals surface area contributed by atoms with Crippen molar-refractivity contribution in [2.45, 2.75) is 0 Å². The second-order valence-electron chi connectivity index (χ2n) is 5.60. The highest BCUT2D eigenvalue weighted by atomic mass is 32.1. The zero-order valence-corrected chi connectivity index (χ0v) is 15.5. The number of ether oxygens (including phenoxy) is 4. The minimum atomic E-state index is -0.287. The molecule has 3 aromatic rings. The van der Waals surface area contributed by atoms with Crippen LogP contribution in [0.2, 0.25) is 0 Å². The second-order valence-corrected chi connectivity index (χ2v) is 6.60. The number of amides is 1. The maximum absolute atomic E-state index is 12.3. The normalized spacial score (nSPS) is 12.5. The Morgan fingerprint density at radius 2 is 1.93 bits per heavy atom. The lowest BCUT2D eigenvalue weighted by molar-refractivity contribution is -0.111. The summed E-state index contributed by atoms with van der Waals surface area (Å²) >= 11 is 1.33. The number of nitrogens with one attached hydrogen (secondary N) is 1. The van der Waals surface area contributed by atoms with E-state index >= 15 is 0 Å². The number of benzene rings is 2. The molecule has 27 heavy (non-hydrogen) atoms. The number of hydrogen-bond donors (Lipinski definition) is 1. The number of thiazole rings is 1. The predicted molar refractivity (Wildman–Crippen MR) is 103 cm³/mol. The fourth-order valence-corrected chi connectivity index (χ4v) is 3.65. The molecule has 1 aliphatic heterocycles. The second kappa shape index (κ2) is 7.16. The van der Waals surface area contributed by atoms with E-state index in [0.29, 0.717) is 33.6 Å². The van der Waals surface area contributed by atoms with E-state index < -0.39 is 0 Å². The molecule has 2 heterocycles. The predicted octanol–water partition coefficient (Wildman–Crippen LogP) is 3.69. The van der Waals surface area contributed by atoms with Crippen LogP contribution in [0.3, 0.4) is 0 Å². The first-order valence-electron chi connectivity index (χ1n) is 8.08. The van der Waals surface area contributed by atoms with Crippen LogP contribution >= 0.6 is 11.3 Å². The number of anilines is 1. The Morgan fingerprint density at radius 3 is 2.74 bits per heavy atom. The third-order valence-corrected chi connectivity index (χ3v) is 4.95. The first-order chi connectivity index (χ1) is 13.2. The summed E-state index contributed by atoms with van der Waals surface area (Å²) in [6, 6.07) is 9.08. The van der Waals surface area contributed by atoms with Gasteiger partial charge in [-0.3, -0.25) is 10.1 Å². The van der Waals surface area contributed by atoms with E-state index in [4.69, 9.17) is 18.9 Å². The van der Waals surface area contributed by atoms with Crippen molar-refractivity contribution in [3.05, 3.63) is 42.0 Å². The first-order valence-corrected chi connectivity index (χ1v) is 8.90. The molecule has 1 aliphatic rings.